The van der Waals surface area contributed by atoms with Crippen LogP contribution in [0.3, 0.4) is 0 Å². The number of aliphatic hydroxyl groups excluding tert-OH is 4. The molecule has 2 aromatic carbocycles. The minimum absolute atomic E-state index is 0.0276. The Morgan fingerprint density at radius 2 is 1.70 bits per heavy atom. The number of nitrogens with one attached hydrogen (secondary N) is 2. The third-order valence-corrected chi connectivity index (χ3v) is 5.37. The van der Waals surface area contributed by atoms with E-state index in [1.165, 1.54) is 18.2 Å². The van der Waals surface area contributed by atoms with Gasteiger partial charge in [0.05, 0.1) is 17.9 Å². The minimum atomic E-state index is -1.68. The summed E-state index contributed by atoms with van der Waals surface area (Å²) in [4.78, 5) is 27.5. The van der Waals surface area contributed by atoms with Crippen molar-refractivity contribution in [3.63, 3.8) is 0 Å². The fourth-order valence-electron chi connectivity index (χ4n) is 3.64. The van der Waals surface area contributed by atoms with E-state index in [-0.39, 0.29) is 22.7 Å². The summed E-state index contributed by atoms with van der Waals surface area (Å²) in [6.07, 6.45) is -7.62. The van der Waals surface area contributed by atoms with Crippen molar-refractivity contribution in [1.29, 1.82) is 0 Å². The van der Waals surface area contributed by atoms with Crippen LogP contribution in [0, 0.1) is 0 Å². The monoisotopic (exact) mass is 458 g/mol. The largest absolute Gasteiger partial charge is 0.478 e. The van der Waals surface area contributed by atoms with E-state index in [0.29, 0.717) is 10.9 Å². The molecule has 1 aliphatic heterocycles. The number of hydrogen-bond donors (Lipinski definition) is 7. The van der Waals surface area contributed by atoms with E-state index >= 15 is 0 Å². The number of aliphatic hydroxyl groups is 4. The Kier molecular flexibility index (Phi) is 6.31. The molecule has 1 aromatic heterocycles. The molecule has 5 atom stereocenters. The number of fused-ring (bicyclic) bond motifs is 1. The summed E-state index contributed by atoms with van der Waals surface area (Å²) in [5.74, 6) is -1.97. The summed E-state index contributed by atoms with van der Waals surface area (Å²) in [5, 5.41) is 52.1. The predicted molar refractivity (Wildman–Crippen MR) is 114 cm³/mol. The van der Waals surface area contributed by atoms with Crippen LogP contribution in [0.2, 0.25) is 0 Å². The second-order valence-electron chi connectivity index (χ2n) is 7.49. The van der Waals surface area contributed by atoms with E-state index in [9.17, 15) is 35.1 Å². The van der Waals surface area contributed by atoms with Gasteiger partial charge in [-0.05, 0) is 24.3 Å². The minimum Gasteiger partial charge on any atom is -0.478 e. The van der Waals surface area contributed by atoms with Crippen molar-refractivity contribution in [1.82, 2.24) is 4.98 Å². The Balaban J connectivity index is 1.69. The zero-order valence-corrected chi connectivity index (χ0v) is 17.1. The van der Waals surface area contributed by atoms with E-state index in [2.05, 4.69) is 10.3 Å². The van der Waals surface area contributed by atoms with E-state index in [1.54, 1.807) is 30.3 Å². The molecule has 2 heterocycles. The predicted octanol–water partition coefficient (Wildman–Crippen LogP) is 0.297. The molecule has 0 saturated carbocycles. The highest BCUT2D eigenvalue weighted by atomic mass is 16.7. The van der Waals surface area contributed by atoms with Crippen LogP contribution in [0.25, 0.3) is 10.9 Å². The molecular formula is C22H22N2O9. The number of carboxylic acids is 1. The first-order valence-electron chi connectivity index (χ1n) is 10.0. The number of ether oxygens (including phenoxy) is 2. The number of aromatic carboxylic acids is 1. The van der Waals surface area contributed by atoms with E-state index < -0.39 is 49.2 Å². The molecule has 11 heteroatoms. The van der Waals surface area contributed by atoms with Gasteiger partial charge in [0.25, 0.3) is 5.91 Å². The molecule has 11 nitrogen and oxygen atoms in total. The highest BCUT2D eigenvalue weighted by Crippen LogP contribution is 2.34. The maximum atomic E-state index is 13.1. The van der Waals surface area contributed by atoms with Gasteiger partial charge in [0.15, 0.2) is 5.75 Å². The lowest BCUT2D eigenvalue weighted by atomic mass is 9.99. The number of para-hydroxylation sites is 2. The number of carbonyl (C=O) groups is 2. The summed E-state index contributed by atoms with van der Waals surface area (Å²) >= 11 is 0. The average molecular weight is 458 g/mol. The number of amides is 1. The topological polar surface area (TPSA) is 182 Å². The molecule has 1 saturated heterocycles. The Labute approximate surface area is 186 Å². The van der Waals surface area contributed by atoms with E-state index in [0.717, 1.165) is 0 Å². The van der Waals surface area contributed by atoms with Gasteiger partial charge in [-0.2, -0.15) is 0 Å². The lowest BCUT2D eigenvalue weighted by Crippen LogP contribution is -2.60. The number of aromatic nitrogens is 1. The van der Waals surface area contributed by atoms with E-state index in [4.69, 9.17) is 9.47 Å². The van der Waals surface area contributed by atoms with Gasteiger partial charge in [0.1, 0.15) is 30.1 Å². The van der Waals surface area contributed by atoms with Crippen molar-refractivity contribution in [3.8, 4) is 5.75 Å². The molecule has 4 rings (SSSR count). The first-order chi connectivity index (χ1) is 15.8. The Morgan fingerprint density at radius 1 is 1.00 bits per heavy atom. The van der Waals surface area contributed by atoms with Gasteiger partial charge in [-0.25, -0.2) is 4.79 Å². The summed E-state index contributed by atoms with van der Waals surface area (Å²) in [7, 11) is 0. The van der Waals surface area contributed by atoms with Crippen molar-refractivity contribution in [2.75, 3.05) is 11.9 Å². The van der Waals surface area contributed by atoms with Crippen molar-refractivity contribution < 1.29 is 44.6 Å². The van der Waals surface area contributed by atoms with Gasteiger partial charge < -0.3 is 45.3 Å². The smallest absolute Gasteiger partial charge is 0.337 e. The molecule has 1 fully saturated rings. The third-order valence-electron chi connectivity index (χ3n) is 5.37. The number of carbonyl (C=O) groups excluding carboxylic acids is 1. The molecule has 1 amide bonds. The van der Waals surface area contributed by atoms with Gasteiger partial charge in [0, 0.05) is 10.9 Å². The van der Waals surface area contributed by atoms with Crippen molar-refractivity contribution in [2.24, 2.45) is 0 Å². The Bertz CT molecular complexity index is 1180. The van der Waals surface area contributed by atoms with Crippen LogP contribution in [0.1, 0.15) is 20.8 Å². The average Bonchev–Trinajstić information content (AvgIpc) is 3.18. The number of anilines is 1. The number of rotatable bonds is 6. The second-order valence-corrected chi connectivity index (χ2v) is 7.49. The standard InChI is InChI=1S/C22H22N2O9/c25-9-14-16(26)17(27)18(28)22(32-14)33-19-10-5-1-3-7-12(10)23-15(19)20(29)24-13-8-4-2-6-11(13)21(30)31/h1-8,14,16-18,22-23,25-28H,9H2,(H,24,29)(H,30,31). The summed E-state index contributed by atoms with van der Waals surface area (Å²) < 4.78 is 11.2. The number of hydrogen-bond acceptors (Lipinski definition) is 8. The molecule has 0 radical (unpaired) electrons. The van der Waals surface area contributed by atoms with E-state index in [1.807, 2.05) is 0 Å². The lowest BCUT2D eigenvalue weighted by molar-refractivity contribution is -0.277. The molecule has 33 heavy (non-hydrogen) atoms. The maximum Gasteiger partial charge on any atom is 0.337 e. The van der Waals surface area contributed by atoms with Crippen molar-refractivity contribution >= 4 is 28.5 Å². The van der Waals surface area contributed by atoms with Gasteiger partial charge in [-0.1, -0.05) is 24.3 Å². The maximum absolute atomic E-state index is 13.1. The van der Waals surface area contributed by atoms with Crippen LogP contribution in [-0.4, -0.2) is 79.7 Å². The van der Waals surface area contributed by atoms with Crippen LogP contribution < -0.4 is 10.1 Å². The zero-order chi connectivity index (χ0) is 23.7. The molecule has 0 spiro atoms. The Hall–Kier alpha value is -3.48. The van der Waals surface area contributed by atoms with Gasteiger partial charge >= 0.3 is 5.97 Å². The number of carboxylic acid groups (broad SMARTS) is 1. The third kappa shape index (κ3) is 4.27. The molecule has 0 bridgehead atoms. The molecule has 5 unspecified atom stereocenters. The summed E-state index contributed by atoms with van der Waals surface area (Å²) in [6.45, 7) is -0.641. The number of aromatic amines is 1. The fraction of sp³-hybridized carbons (Fsp3) is 0.273. The molecule has 1 aliphatic rings. The van der Waals surface area contributed by atoms with Crippen molar-refractivity contribution in [2.45, 2.75) is 30.7 Å². The van der Waals surface area contributed by atoms with Gasteiger partial charge in [-0.3, -0.25) is 4.79 Å². The summed E-state index contributed by atoms with van der Waals surface area (Å²) in [6, 6.07) is 12.6. The Morgan fingerprint density at radius 3 is 2.42 bits per heavy atom. The SMILES string of the molecule is O=C(O)c1ccccc1NC(=O)c1[nH]c2ccccc2c1OC1OC(CO)C(O)C(O)C1O. The first kappa shape index (κ1) is 22.7. The quantitative estimate of drug-likeness (QED) is 0.273. The number of H-pyrrole nitrogens is 1. The summed E-state index contributed by atoms with van der Waals surface area (Å²) in [5.41, 5.74) is 0.368. The zero-order valence-electron chi connectivity index (χ0n) is 17.1. The van der Waals surface area contributed by atoms with Crippen LogP contribution in [0.5, 0.6) is 5.75 Å². The van der Waals surface area contributed by atoms with Crippen LogP contribution in [0.4, 0.5) is 5.69 Å². The molecule has 174 valence electrons. The highest BCUT2D eigenvalue weighted by Gasteiger charge is 2.45. The van der Waals surface area contributed by atoms with Crippen LogP contribution >= 0.6 is 0 Å². The fourth-order valence-corrected chi connectivity index (χ4v) is 3.64. The lowest BCUT2D eigenvalue weighted by Gasteiger charge is -2.39. The first-order valence-corrected chi connectivity index (χ1v) is 10.0. The molecule has 0 aliphatic carbocycles. The highest BCUT2D eigenvalue weighted by molar-refractivity contribution is 6.11. The number of benzene rings is 2. The molecule has 3 aromatic rings. The van der Waals surface area contributed by atoms with Gasteiger partial charge in [0.2, 0.25) is 6.29 Å². The molecule has 7 N–H and O–H groups in total. The normalized spacial score (nSPS) is 25.0. The van der Waals surface area contributed by atoms with Gasteiger partial charge in [-0.15, -0.1) is 0 Å². The second kappa shape index (κ2) is 9.17. The van der Waals surface area contributed by atoms with Crippen LogP contribution in [-0.2, 0) is 4.74 Å². The van der Waals surface area contributed by atoms with Crippen molar-refractivity contribution in [3.05, 3.63) is 59.8 Å². The molecular weight excluding hydrogens is 436 g/mol. The van der Waals surface area contributed by atoms with Crippen LogP contribution in [0.15, 0.2) is 48.5 Å².